The van der Waals surface area contributed by atoms with Gasteiger partial charge in [0.2, 0.25) is 0 Å². The lowest BCUT2D eigenvalue weighted by Crippen LogP contribution is -2.07. The van der Waals surface area contributed by atoms with Crippen LogP contribution in [0, 0.1) is 10.1 Å². The molecule has 1 heterocycles. The molecular formula is C9H13N3O4. The molecule has 1 aromatic heterocycles. The van der Waals surface area contributed by atoms with Gasteiger partial charge in [0.15, 0.2) is 0 Å². The monoisotopic (exact) mass is 227 g/mol. The maximum atomic E-state index is 10.8. The Morgan fingerprint density at radius 2 is 2.44 bits per heavy atom. The zero-order valence-electron chi connectivity index (χ0n) is 8.84. The summed E-state index contributed by atoms with van der Waals surface area (Å²) in [6.07, 6.45) is 1.94. The topological polar surface area (TPSA) is 97.5 Å². The molecule has 0 aliphatic heterocycles. The second-order valence-electron chi connectivity index (χ2n) is 2.98. The van der Waals surface area contributed by atoms with Gasteiger partial charge in [0.05, 0.1) is 12.0 Å². The predicted molar refractivity (Wildman–Crippen MR) is 57.6 cm³/mol. The van der Waals surface area contributed by atoms with E-state index in [2.05, 4.69) is 10.3 Å². The normalized spacial score (nSPS) is 9.88. The second-order valence-corrected chi connectivity index (χ2v) is 2.98. The summed E-state index contributed by atoms with van der Waals surface area (Å²) in [5.74, 6) is -0.0287. The SMILES string of the molecule is COc1nccc(NCCCO)c1[N+](=O)[O-]. The molecule has 1 aromatic rings. The van der Waals surface area contributed by atoms with Crippen LogP contribution >= 0.6 is 0 Å². The van der Waals surface area contributed by atoms with E-state index >= 15 is 0 Å². The summed E-state index contributed by atoms with van der Waals surface area (Å²) in [7, 11) is 1.33. The van der Waals surface area contributed by atoms with E-state index in [-0.39, 0.29) is 18.2 Å². The zero-order chi connectivity index (χ0) is 12.0. The first-order chi connectivity index (χ1) is 7.70. The summed E-state index contributed by atoms with van der Waals surface area (Å²) < 4.78 is 4.81. The molecule has 0 aliphatic carbocycles. The molecule has 0 saturated carbocycles. The molecule has 7 nitrogen and oxygen atoms in total. The van der Waals surface area contributed by atoms with Crippen molar-refractivity contribution in [3.63, 3.8) is 0 Å². The van der Waals surface area contributed by atoms with Crippen LogP contribution in [0.2, 0.25) is 0 Å². The molecule has 0 radical (unpaired) electrons. The number of hydrogen-bond donors (Lipinski definition) is 2. The molecular weight excluding hydrogens is 214 g/mol. The number of aromatic nitrogens is 1. The van der Waals surface area contributed by atoms with Crippen LogP contribution in [0.3, 0.4) is 0 Å². The highest BCUT2D eigenvalue weighted by Crippen LogP contribution is 2.31. The predicted octanol–water partition coefficient (Wildman–Crippen LogP) is 0.793. The van der Waals surface area contributed by atoms with E-state index in [1.165, 1.54) is 19.4 Å². The summed E-state index contributed by atoms with van der Waals surface area (Å²) in [5, 5.41) is 22.3. The highest BCUT2D eigenvalue weighted by atomic mass is 16.6. The quantitative estimate of drug-likeness (QED) is 0.423. The van der Waals surface area contributed by atoms with Crippen molar-refractivity contribution < 1.29 is 14.8 Å². The number of nitro groups is 1. The molecule has 0 aromatic carbocycles. The van der Waals surface area contributed by atoms with Gasteiger partial charge in [0, 0.05) is 19.3 Å². The summed E-state index contributed by atoms with van der Waals surface area (Å²) >= 11 is 0. The Labute approximate surface area is 92.2 Å². The molecule has 0 saturated heterocycles. The maximum absolute atomic E-state index is 10.8. The Bertz CT molecular complexity index is 370. The second kappa shape index (κ2) is 5.86. The summed E-state index contributed by atoms with van der Waals surface area (Å²) in [4.78, 5) is 14.0. The van der Waals surface area contributed by atoms with E-state index in [0.717, 1.165) is 0 Å². The molecule has 0 bridgehead atoms. The van der Waals surface area contributed by atoms with Gasteiger partial charge in [-0.3, -0.25) is 10.1 Å². The standard InChI is InChI=1S/C9H13N3O4/c1-16-9-8(12(14)15)7(3-5-11-9)10-4-2-6-13/h3,5,13H,2,4,6H2,1H3,(H,10,11). The van der Waals surface area contributed by atoms with Gasteiger partial charge in [-0.2, -0.15) is 0 Å². The van der Waals surface area contributed by atoms with Crippen LogP contribution in [0.1, 0.15) is 6.42 Å². The highest BCUT2D eigenvalue weighted by Gasteiger charge is 2.21. The Balaban J connectivity index is 2.93. The fourth-order valence-electron chi connectivity index (χ4n) is 1.21. The molecule has 88 valence electrons. The lowest BCUT2D eigenvalue weighted by Gasteiger charge is -2.07. The van der Waals surface area contributed by atoms with Crippen LogP contribution in [0.4, 0.5) is 11.4 Å². The molecule has 2 N–H and O–H groups in total. The highest BCUT2D eigenvalue weighted by molar-refractivity contribution is 5.65. The lowest BCUT2D eigenvalue weighted by molar-refractivity contribution is -0.385. The number of anilines is 1. The molecule has 0 spiro atoms. The van der Waals surface area contributed by atoms with Crippen LogP contribution in [-0.4, -0.2) is 35.3 Å². The van der Waals surface area contributed by atoms with Crippen LogP contribution in [0.5, 0.6) is 5.88 Å². The van der Waals surface area contributed by atoms with Gasteiger partial charge in [0.25, 0.3) is 5.88 Å². The molecule has 16 heavy (non-hydrogen) atoms. The van der Waals surface area contributed by atoms with Crippen molar-refractivity contribution in [2.24, 2.45) is 0 Å². The van der Waals surface area contributed by atoms with Crippen LogP contribution in [-0.2, 0) is 0 Å². The number of nitrogens with zero attached hydrogens (tertiary/aromatic N) is 2. The lowest BCUT2D eigenvalue weighted by atomic mass is 10.3. The summed E-state index contributed by atoms with van der Waals surface area (Å²) in [5.41, 5.74) is 0.147. The van der Waals surface area contributed by atoms with Gasteiger partial charge < -0.3 is 15.2 Å². The number of hydrogen-bond acceptors (Lipinski definition) is 6. The Hall–Kier alpha value is -1.89. The van der Waals surface area contributed by atoms with Crippen molar-refractivity contribution in [3.05, 3.63) is 22.4 Å². The first kappa shape index (κ1) is 12.2. The number of rotatable bonds is 6. The Morgan fingerprint density at radius 3 is 3.00 bits per heavy atom. The third kappa shape index (κ3) is 2.80. The third-order valence-corrected chi connectivity index (χ3v) is 1.92. The van der Waals surface area contributed by atoms with E-state index in [9.17, 15) is 10.1 Å². The molecule has 0 aliphatic rings. The van der Waals surface area contributed by atoms with Gasteiger partial charge in [-0.1, -0.05) is 0 Å². The Kier molecular flexibility index (Phi) is 4.46. The van der Waals surface area contributed by atoms with Crippen molar-refractivity contribution in [3.8, 4) is 5.88 Å². The molecule has 0 unspecified atom stereocenters. The van der Waals surface area contributed by atoms with Crippen molar-refractivity contribution in [1.82, 2.24) is 4.98 Å². The largest absolute Gasteiger partial charge is 0.476 e. The van der Waals surface area contributed by atoms with Gasteiger partial charge >= 0.3 is 5.69 Å². The average molecular weight is 227 g/mol. The number of methoxy groups -OCH3 is 1. The maximum Gasteiger partial charge on any atom is 0.353 e. The van der Waals surface area contributed by atoms with Gasteiger partial charge in [-0.25, -0.2) is 4.98 Å². The molecule has 0 fully saturated rings. The minimum Gasteiger partial charge on any atom is -0.476 e. The van der Waals surface area contributed by atoms with Crippen LogP contribution in [0.25, 0.3) is 0 Å². The summed E-state index contributed by atoms with van der Waals surface area (Å²) in [6.45, 7) is 0.480. The fourth-order valence-corrected chi connectivity index (χ4v) is 1.21. The van der Waals surface area contributed by atoms with Crippen molar-refractivity contribution in [1.29, 1.82) is 0 Å². The minimum absolute atomic E-state index is 0.0287. The first-order valence-electron chi connectivity index (χ1n) is 4.72. The van der Waals surface area contributed by atoms with Gasteiger partial charge in [-0.05, 0) is 12.5 Å². The summed E-state index contributed by atoms with van der Waals surface area (Å²) in [6, 6.07) is 1.50. The smallest absolute Gasteiger partial charge is 0.353 e. The zero-order valence-corrected chi connectivity index (χ0v) is 8.84. The number of nitrogens with one attached hydrogen (secondary N) is 1. The molecule has 0 atom stereocenters. The van der Waals surface area contributed by atoms with Crippen molar-refractivity contribution in [2.75, 3.05) is 25.6 Å². The van der Waals surface area contributed by atoms with Gasteiger partial charge in [0.1, 0.15) is 5.69 Å². The number of pyridine rings is 1. The Morgan fingerprint density at radius 1 is 1.69 bits per heavy atom. The number of aliphatic hydroxyl groups excluding tert-OH is 1. The van der Waals surface area contributed by atoms with Crippen molar-refractivity contribution in [2.45, 2.75) is 6.42 Å². The molecule has 7 heteroatoms. The third-order valence-electron chi connectivity index (χ3n) is 1.92. The van der Waals surface area contributed by atoms with E-state index in [0.29, 0.717) is 18.7 Å². The van der Waals surface area contributed by atoms with Crippen LogP contribution in [0.15, 0.2) is 12.3 Å². The minimum atomic E-state index is -0.548. The van der Waals surface area contributed by atoms with E-state index in [4.69, 9.17) is 9.84 Å². The first-order valence-corrected chi connectivity index (χ1v) is 4.72. The average Bonchev–Trinajstić information content (AvgIpc) is 2.28. The number of aliphatic hydroxyl groups is 1. The van der Waals surface area contributed by atoms with E-state index < -0.39 is 4.92 Å². The fraction of sp³-hybridized carbons (Fsp3) is 0.444. The molecule has 1 rings (SSSR count). The van der Waals surface area contributed by atoms with E-state index in [1.54, 1.807) is 0 Å². The van der Waals surface area contributed by atoms with Crippen LogP contribution < -0.4 is 10.1 Å². The van der Waals surface area contributed by atoms with Gasteiger partial charge in [-0.15, -0.1) is 0 Å². The van der Waals surface area contributed by atoms with E-state index in [1.807, 2.05) is 0 Å². The number of ether oxygens (including phenoxy) is 1. The van der Waals surface area contributed by atoms with Crippen molar-refractivity contribution >= 4 is 11.4 Å². The molecule has 0 amide bonds.